The topological polar surface area (TPSA) is 46.1 Å². The lowest BCUT2D eigenvalue weighted by molar-refractivity contribution is 0.0984. The summed E-state index contributed by atoms with van der Waals surface area (Å²) >= 11 is 0. The van der Waals surface area contributed by atoms with Crippen molar-refractivity contribution in [3.63, 3.8) is 0 Å². The van der Waals surface area contributed by atoms with Crippen molar-refractivity contribution in [3.05, 3.63) is 53.9 Å². The van der Waals surface area contributed by atoms with Gasteiger partial charge in [-0.15, -0.1) is 0 Å². The molecular formula is C13H10FN3O. The van der Waals surface area contributed by atoms with Crippen LogP contribution in [0.15, 0.2) is 36.8 Å². The first-order valence-corrected chi connectivity index (χ1v) is 5.62. The van der Waals surface area contributed by atoms with E-state index in [4.69, 9.17) is 0 Å². The van der Waals surface area contributed by atoms with Gasteiger partial charge in [-0.1, -0.05) is 0 Å². The molecule has 1 aromatic heterocycles. The Balaban J connectivity index is 1.95. The predicted molar refractivity (Wildman–Crippen MR) is 63.8 cm³/mol. The molecule has 0 unspecified atom stereocenters. The number of benzene rings is 1. The van der Waals surface area contributed by atoms with Crippen LogP contribution >= 0.6 is 0 Å². The van der Waals surface area contributed by atoms with Crippen molar-refractivity contribution in [3.8, 4) is 0 Å². The minimum Gasteiger partial charge on any atom is -0.306 e. The van der Waals surface area contributed by atoms with Crippen molar-refractivity contribution in [1.29, 1.82) is 0 Å². The van der Waals surface area contributed by atoms with Crippen LogP contribution in [-0.4, -0.2) is 22.4 Å². The van der Waals surface area contributed by atoms with E-state index in [-0.39, 0.29) is 11.7 Å². The van der Waals surface area contributed by atoms with E-state index >= 15 is 0 Å². The molecule has 0 aliphatic carbocycles. The molecule has 1 amide bonds. The molecule has 4 nitrogen and oxygen atoms in total. The lowest BCUT2D eigenvalue weighted by atomic mass is 10.1. The van der Waals surface area contributed by atoms with Crippen LogP contribution in [-0.2, 0) is 6.42 Å². The average Bonchev–Trinajstić information content (AvgIpc) is 2.81. The second kappa shape index (κ2) is 4.18. The van der Waals surface area contributed by atoms with E-state index in [9.17, 15) is 9.18 Å². The van der Waals surface area contributed by atoms with E-state index < -0.39 is 0 Å². The van der Waals surface area contributed by atoms with Gasteiger partial charge in [0, 0.05) is 24.6 Å². The van der Waals surface area contributed by atoms with Gasteiger partial charge in [0.2, 0.25) is 0 Å². The number of rotatable bonds is 1. The summed E-state index contributed by atoms with van der Waals surface area (Å²) < 4.78 is 13.1. The molecule has 0 bridgehead atoms. The zero-order valence-corrected chi connectivity index (χ0v) is 9.51. The zero-order chi connectivity index (χ0) is 12.5. The van der Waals surface area contributed by atoms with Crippen molar-refractivity contribution in [1.82, 2.24) is 9.97 Å². The second-order valence-corrected chi connectivity index (χ2v) is 4.07. The Bertz CT molecular complexity index is 600. The smallest absolute Gasteiger partial charge is 0.278 e. The van der Waals surface area contributed by atoms with Gasteiger partial charge >= 0.3 is 0 Å². The number of halogens is 1. The number of nitrogens with zero attached hydrogens (tertiary/aromatic N) is 3. The van der Waals surface area contributed by atoms with Crippen LogP contribution in [0, 0.1) is 5.82 Å². The van der Waals surface area contributed by atoms with Crippen LogP contribution in [0.25, 0.3) is 0 Å². The number of hydrogen-bond acceptors (Lipinski definition) is 3. The number of aromatic nitrogens is 2. The fraction of sp³-hybridized carbons (Fsp3) is 0.154. The third-order valence-corrected chi connectivity index (χ3v) is 2.96. The average molecular weight is 243 g/mol. The quantitative estimate of drug-likeness (QED) is 0.767. The summed E-state index contributed by atoms with van der Waals surface area (Å²) in [5.74, 6) is -0.476. The third-order valence-electron chi connectivity index (χ3n) is 2.96. The van der Waals surface area contributed by atoms with Gasteiger partial charge in [0.1, 0.15) is 11.5 Å². The first-order valence-electron chi connectivity index (χ1n) is 5.62. The molecule has 0 spiro atoms. The van der Waals surface area contributed by atoms with Crippen LogP contribution in [0.2, 0.25) is 0 Å². The summed E-state index contributed by atoms with van der Waals surface area (Å²) in [5, 5.41) is 0. The Labute approximate surface area is 103 Å². The van der Waals surface area contributed by atoms with E-state index in [1.54, 1.807) is 11.0 Å². The molecule has 1 aliphatic rings. The van der Waals surface area contributed by atoms with Gasteiger partial charge in [-0.25, -0.2) is 9.37 Å². The lowest BCUT2D eigenvalue weighted by Crippen LogP contribution is -2.29. The molecule has 5 heteroatoms. The molecule has 0 fully saturated rings. The molecule has 0 radical (unpaired) electrons. The summed E-state index contributed by atoms with van der Waals surface area (Å²) in [7, 11) is 0. The Morgan fingerprint density at radius 1 is 1.33 bits per heavy atom. The minimum absolute atomic E-state index is 0.201. The number of fused-ring (bicyclic) bond motifs is 1. The largest absolute Gasteiger partial charge is 0.306 e. The van der Waals surface area contributed by atoms with Gasteiger partial charge < -0.3 is 4.90 Å². The monoisotopic (exact) mass is 243 g/mol. The van der Waals surface area contributed by atoms with E-state index in [0.29, 0.717) is 18.7 Å². The molecule has 0 atom stereocenters. The number of anilines is 1. The third kappa shape index (κ3) is 1.73. The maximum Gasteiger partial charge on any atom is 0.278 e. The van der Waals surface area contributed by atoms with Crippen molar-refractivity contribution >= 4 is 11.6 Å². The van der Waals surface area contributed by atoms with E-state index in [1.165, 1.54) is 30.7 Å². The maximum atomic E-state index is 13.1. The van der Waals surface area contributed by atoms with Crippen LogP contribution < -0.4 is 4.90 Å². The van der Waals surface area contributed by atoms with Crippen molar-refractivity contribution in [2.24, 2.45) is 0 Å². The first kappa shape index (κ1) is 10.8. The van der Waals surface area contributed by atoms with E-state index in [2.05, 4.69) is 9.97 Å². The highest BCUT2D eigenvalue weighted by Crippen LogP contribution is 2.29. The molecule has 3 rings (SSSR count). The highest BCUT2D eigenvalue weighted by atomic mass is 19.1. The molecule has 18 heavy (non-hydrogen) atoms. The van der Waals surface area contributed by atoms with Crippen LogP contribution in [0.4, 0.5) is 10.1 Å². The van der Waals surface area contributed by atoms with Crippen molar-refractivity contribution in [2.45, 2.75) is 6.42 Å². The van der Waals surface area contributed by atoms with Crippen molar-refractivity contribution < 1.29 is 9.18 Å². The second-order valence-electron chi connectivity index (χ2n) is 4.07. The molecule has 0 saturated carbocycles. The molecule has 90 valence electrons. The normalized spacial score (nSPS) is 13.5. The summed E-state index contributed by atoms with van der Waals surface area (Å²) in [5.41, 5.74) is 1.91. The fourth-order valence-corrected chi connectivity index (χ4v) is 2.13. The molecule has 1 aromatic carbocycles. The SMILES string of the molecule is O=C(c1cnccn1)N1CCc2cc(F)ccc21. The van der Waals surface area contributed by atoms with E-state index in [1.807, 2.05) is 0 Å². The molecule has 0 N–H and O–H groups in total. The number of carbonyl (C=O) groups excluding carboxylic acids is 1. The molecule has 0 saturated heterocycles. The molecule has 1 aliphatic heterocycles. The lowest BCUT2D eigenvalue weighted by Gasteiger charge is -2.16. The summed E-state index contributed by atoms with van der Waals surface area (Å²) in [6.07, 6.45) is 5.10. The highest BCUT2D eigenvalue weighted by molar-refractivity contribution is 6.05. The minimum atomic E-state index is -0.275. The molecule has 2 heterocycles. The van der Waals surface area contributed by atoms with Gasteiger partial charge in [-0.05, 0) is 30.2 Å². The van der Waals surface area contributed by atoms with Crippen LogP contribution in [0.5, 0.6) is 0 Å². The summed E-state index contributed by atoms with van der Waals surface area (Å²) in [6, 6.07) is 4.46. The van der Waals surface area contributed by atoms with Gasteiger partial charge in [0.25, 0.3) is 5.91 Å². The number of carbonyl (C=O) groups is 1. The molecular weight excluding hydrogens is 233 g/mol. The Morgan fingerprint density at radius 2 is 2.22 bits per heavy atom. The first-order chi connectivity index (χ1) is 8.75. The van der Waals surface area contributed by atoms with E-state index in [0.717, 1.165) is 11.3 Å². The van der Waals surface area contributed by atoms with Gasteiger partial charge in [-0.3, -0.25) is 9.78 Å². The number of amides is 1. The van der Waals surface area contributed by atoms with Crippen LogP contribution in [0.3, 0.4) is 0 Å². The summed E-state index contributed by atoms with van der Waals surface area (Å²) in [6.45, 7) is 0.550. The standard InChI is InChI=1S/C13H10FN3O/c14-10-1-2-12-9(7-10)3-6-17(12)13(18)11-8-15-4-5-16-11/h1-2,4-5,7-8H,3,6H2. The van der Waals surface area contributed by atoms with Gasteiger partial charge in [-0.2, -0.15) is 0 Å². The zero-order valence-electron chi connectivity index (χ0n) is 9.51. The van der Waals surface area contributed by atoms with Crippen LogP contribution in [0.1, 0.15) is 16.1 Å². The predicted octanol–water partition coefficient (Wildman–Crippen LogP) is 1.82. The van der Waals surface area contributed by atoms with Gasteiger partial charge in [0.05, 0.1) is 6.20 Å². The molecule has 2 aromatic rings. The van der Waals surface area contributed by atoms with Gasteiger partial charge in [0.15, 0.2) is 0 Å². The highest BCUT2D eigenvalue weighted by Gasteiger charge is 2.26. The summed E-state index contributed by atoms with van der Waals surface area (Å²) in [4.78, 5) is 21.7. The maximum absolute atomic E-state index is 13.1. The Morgan fingerprint density at radius 3 is 3.00 bits per heavy atom. The fourth-order valence-electron chi connectivity index (χ4n) is 2.13. The Hall–Kier alpha value is -2.30. The van der Waals surface area contributed by atoms with Crippen molar-refractivity contribution in [2.75, 3.05) is 11.4 Å². The number of hydrogen-bond donors (Lipinski definition) is 0. The Kier molecular flexibility index (Phi) is 2.51.